The standard InChI is InChI=1S/C16H23N3O3/c1-11-4-5-13(10-12(11)2)19-8-6-14(15(19)20)18-16(21)17-7-9-22-3/h4-5,10,14H,6-9H2,1-3H3,(H2,17,18,21)/t14-/m1/s1. The lowest BCUT2D eigenvalue weighted by atomic mass is 10.1. The number of benzene rings is 1. The van der Waals surface area contributed by atoms with E-state index in [0.29, 0.717) is 26.1 Å². The number of hydrogen-bond acceptors (Lipinski definition) is 3. The van der Waals surface area contributed by atoms with Gasteiger partial charge in [-0.2, -0.15) is 0 Å². The maximum absolute atomic E-state index is 12.4. The fraction of sp³-hybridized carbons (Fsp3) is 0.500. The van der Waals surface area contributed by atoms with E-state index in [1.165, 1.54) is 5.56 Å². The van der Waals surface area contributed by atoms with E-state index in [1.807, 2.05) is 32.0 Å². The number of anilines is 1. The van der Waals surface area contributed by atoms with E-state index in [-0.39, 0.29) is 11.9 Å². The molecule has 0 bridgehead atoms. The summed E-state index contributed by atoms with van der Waals surface area (Å²) in [5.41, 5.74) is 3.24. The van der Waals surface area contributed by atoms with Gasteiger partial charge in [-0.1, -0.05) is 6.07 Å². The summed E-state index contributed by atoms with van der Waals surface area (Å²) in [5.74, 6) is -0.0647. The number of rotatable bonds is 5. The molecule has 0 unspecified atom stereocenters. The van der Waals surface area contributed by atoms with Crippen molar-refractivity contribution in [1.29, 1.82) is 0 Å². The molecule has 3 amide bonds. The average Bonchev–Trinajstić information content (AvgIpc) is 2.84. The van der Waals surface area contributed by atoms with Crippen molar-refractivity contribution in [2.45, 2.75) is 26.3 Å². The maximum Gasteiger partial charge on any atom is 0.315 e. The van der Waals surface area contributed by atoms with Gasteiger partial charge in [-0.05, 0) is 43.5 Å². The lowest BCUT2D eigenvalue weighted by molar-refractivity contribution is -0.118. The maximum atomic E-state index is 12.4. The van der Waals surface area contributed by atoms with Gasteiger partial charge in [0, 0.05) is 25.9 Å². The lowest BCUT2D eigenvalue weighted by Crippen LogP contribution is -2.46. The number of methoxy groups -OCH3 is 1. The molecule has 1 aromatic rings. The third kappa shape index (κ3) is 3.76. The van der Waals surface area contributed by atoms with E-state index in [4.69, 9.17) is 4.74 Å². The van der Waals surface area contributed by atoms with Crippen LogP contribution in [-0.4, -0.2) is 44.8 Å². The molecule has 0 saturated carbocycles. The molecule has 1 aliphatic heterocycles. The van der Waals surface area contributed by atoms with Gasteiger partial charge in [-0.25, -0.2) is 4.79 Å². The normalized spacial score (nSPS) is 17.7. The minimum absolute atomic E-state index is 0.0647. The number of nitrogens with one attached hydrogen (secondary N) is 2. The molecular formula is C16H23N3O3. The number of amides is 3. The molecule has 22 heavy (non-hydrogen) atoms. The van der Waals surface area contributed by atoms with E-state index >= 15 is 0 Å². The Labute approximate surface area is 130 Å². The highest BCUT2D eigenvalue weighted by molar-refractivity contribution is 6.01. The van der Waals surface area contributed by atoms with Gasteiger partial charge in [-0.15, -0.1) is 0 Å². The second-order valence-corrected chi connectivity index (χ2v) is 5.49. The fourth-order valence-electron chi connectivity index (χ4n) is 2.44. The highest BCUT2D eigenvalue weighted by Gasteiger charge is 2.33. The molecule has 1 aromatic carbocycles. The van der Waals surface area contributed by atoms with Crippen molar-refractivity contribution in [3.63, 3.8) is 0 Å². The fourth-order valence-corrected chi connectivity index (χ4v) is 2.44. The van der Waals surface area contributed by atoms with Crippen molar-refractivity contribution in [2.24, 2.45) is 0 Å². The Morgan fingerprint density at radius 2 is 2.14 bits per heavy atom. The van der Waals surface area contributed by atoms with Crippen LogP contribution in [0.1, 0.15) is 17.5 Å². The zero-order valence-corrected chi connectivity index (χ0v) is 13.3. The molecule has 0 aromatic heterocycles. The molecule has 6 nitrogen and oxygen atoms in total. The van der Waals surface area contributed by atoms with Crippen LogP contribution in [0.4, 0.5) is 10.5 Å². The van der Waals surface area contributed by atoms with Gasteiger partial charge in [0.1, 0.15) is 6.04 Å². The summed E-state index contributed by atoms with van der Waals surface area (Å²) in [6.45, 7) is 5.55. The highest BCUT2D eigenvalue weighted by atomic mass is 16.5. The molecular weight excluding hydrogens is 282 g/mol. The third-order valence-electron chi connectivity index (χ3n) is 3.90. The molecule has 2 rings (SSSR count). The second kappa shape index (κ2) is 7.26. The minimum Gasteiger partial charge on any atom is -0.383 e. The summed E-state index contributed by atoms with van der Waals surface area (Å²) in [6, 6.07) is 5.16. The summed E-state index contributed by atoms with van der Waals surface area (Å²) in [4.78, 5) is 25.9. The van der Waals surface area contributed by atoms with Crippen molar-refractivity contribution < 1.29 is 14.3 Å². The van der Waals surface area contributed by atoms with Crippen molar-refractivity contribution in [2.75, 3.05) is 31.7 Å². The second-order valence-electron chi connectivity index (χ2n) is 5.49. The Bertz CT molecular complexity index is 560. The summed E-state index contributed by atoms with van der Waals surface area (Å²) in [5, 5.41) is 5.37. The average molecular weight is 305 g/mol. The Morgan fingerprint density at radius 1 is 1.36 bits per heavy atom. The lowest BCUT2D eigenvalue weighted by Gasteiger charge is -2.18. The van der Waals surface area contributed by atoms with E-state index in [1.54, 1.807) is 12.0 Å². The van der Waals surface area contributed by atoms with E-state index in [0.717, 1.165) is 11.3 Å². The first-order valence-corrected chi connectivity index (χ1v) is 7.45. The van der Waals surface area contributed by atoms with Crippen molar-refractivity contribution >= 4 is 17.6 Å². The molecule has 1 fully saturated rings. The molecule has 2 N–H and O–H groups in total. The van der Waals surface area contributed by atoms with E-state index < -0.39 is 6.04 Å². The molecule has 6 heteroatoms. The van der Waals surface area contributed by atoms with Gasteiger partial charge in [-0.3, -0.25) is 4.79 Å². The number of nitrogens with zero attached hydrogens (tertiary/aromatic N) is 1. The molecule has 1 saturated heterocycles. The largest absolute Gasteiger partial charge is 0.383 e. The molecule has 1 atom stereocenters. The molecule has 1 heterocycles. The van der Waals surface area contributed by atoms with Crippen LogP contribution >= 0.6 is 0 Å². The molecule has 0 radical (unpaired) electrons. The first-order chi connectivity index (χ1) is 10.5. The zero-order valence-electron chi connectivity index (χ0n) is 13.3. The predicted octanol–water partition coefficient (Wildman–Crippen LogP) is 1.35. The number of urea groups is 1. The summed E-state index contributed by atoms with van der Waals surface area (Å²) in [6.07, 6.45) is 0.615. The SMILES string of the molecule is COCCNC(=O)N[C@@H]1CCN(c2ccc(C)c(C)c2)C1=O. The van der Waals surface area contributed by atoms with Crippen LogP contribution in [0.3, 0.4) is 0 Å². The van der Waals surface area contributed by atoms with E-state index in [9.17, 15) is 9.59 Å². The summed E-state index contributed by atoms with van der Waals surface area (Å²) in [7, 11) is 1.57. The number of hydrogen-bond donors (Lipinski definition) is 2. The summed E-state index contributed by atoms with van der Waals surface area (Å²) >= 11 is 0. The first kappa shape index (κ1) is 16.3. The smallest absolute Gasteiger partial charge is 0.315 e. The van der Waals surface area contributed by atoms with Crippen LogP contribution in [-0.2, 0) is 9.53 Å². The molecule has 0 aliphatic carbocycles. The van der Waals surface area contributed by atoms with Gasteiger partial charge in [0.25, 0.3) is 0 Å². The molecule has 0 spiro atoms. The quantitative estimate of drug-likeness (QED) is 0.807. The van der Waals surface area contributed by atoms with Gasteiger partial charge in [0.15, 0.2) is 0 Å². The van der Waals surface area contributed by atoms with Crippen molar-refractivity contribution in [3.8, 4) is 0 Å². The number of carbonyl (C=O) groups excluding carboxylic acids is 2. The highest BCUT2D eigenvalue weighted by Crippen LogP contribution is 2.24. The number of carbonyl (C=O) groups is 2. The van der Waals surface area contributed by atoms with Crippen LogP contribution in [0, 0.1) is 13.8 Å². The predicted molar refractivity (Wildman–Crippen MR) is 85.1 cm³/mol. The number of ether oxygens (including phenoxy) is 1. The number of aryl methyl sites for hydroxylation is 2. The van der Waals surface area contributed by atoms with Gasteiger partial charge in [0.2, 0.25) is 5.91 Å². The Kier molecular flexibility index (Phi) is 5.38. The topological polar surface area (TPSA) is 70.7 Å². The van der Waals surface area contributed by atoms with Crippen LogP contribution < -0.4 is 15.5 Å². The van der Waals surface area contributed by atoms with Gasteiger partial charge in [0.05, 0.1) is 6.61 Å². The Balaban J connectivity index is 1.94. The molecule has 1 aliphatic rings. The van der Waals surface area contributed by atoms with E-state index in [2.05, 4.69) is 10.6 Å². The van der Waals surface area contributed by atoms with Crippen molar-refractivity contribution in [3.05, 3.63) is 29.3 Å². The molecule has 120 valence electrons. The Morgan fingerprint density at radius 3 is 2.82 bits per heavy atom. The van der Waals surface area contributed by atoms with Gasteiger partial charge < -0.3 is 20.3 Å². The van der Waals surface area contributed by atoms with Crippen LogP contribution in [0.2, 0.25) is 0 Å². The van der Waals surface area contributed by atoms with Crippen LogP contribution in [0.15, 0.2) is 18.2 Å². The monoisotopic (exact) mass is 305 g/mol. The summed E-state index contributed by atoms with van der Waals surface area (Å²) < 4.78 is 4.86. The third-order valence-corrected chi connectivity index (χ3v) is 3.90. The zero-order chi connectivity index (χ0) is 16.1. The van der Waals surface area contributed by atoms with Crippen LogP contribution in [0.5, 0.6) is 0 Å². The minimum atomic E-state index is -0.468. The van der Waals surface area contributed by atoms with Crippen LogP contribution in [0.25, 0.3) is 0 Å². The van der Waals surface area contributed by atoms with Gasteiger partial charge >= 0.3 is 6.03 Å². The van der Waals surface area contributed by atoms with Crippen molar-refractivity contribution in [1.82, 2.24) is 10.6 Å². The Hall–Kier alpha value is -2.08. The first-order valence-electron chi connectivity index (χ1n) is 7.45.